The molecule has 0 fully saturated rings. The monoisotopic (exact) mass is 236 g/mol. The number of aliphatic hydroxyl groups is 1. The van der Waals surface area contributed by atoms with Gasteiger partial charge in [-0.3, -0.25) is 0 Å². The van der Waals surface area contributed by atoms with Gasteiger partial charge in [-0.15, -0.1) is 0 Å². The van der Waals surface area contributed by atoms with Crippen LogP contribution in [0.2, 0.25) is 14.8 Å². The molecular weight excluding hydrogens is 219 g/mol. The molecular formula is C7H16OSn. The molecule has 0 saturated carbocycles. The summed E-state index contributed by atoms with van der Waals surface area (Å²) in [6.07, 6.45) is 1.94. The Labute approximate surface area is 61.7 Å². The van der Waals surface area contributed by atoms with Gasteiger partial charge in [0.25, 0.3) is 0 Å². The fraction of sp³-hybridized carbons (Fsp3) is 0.714. The van der Waals surface area contributed by atoms with Crippen molar-refractivity contribution < 1.29 is 5.11 Å². The van der Waals surface area contributed by atoms with Gasteiger partial charge < -0.3 is 0 Å². The van der Waals surface area contributed by atoms with Crippen molar-refractivity contribution in [1.29, 1.82) is 0 Å². The molecule has 0 bridgehead atoms. The molecule has 2 heteroatoms. The molecule has 0 aromatic carbocycles. The van der Waals surface area contributed by atoms with Crippen LogP contribution < -0.4 is 0 Å². The molecule has 0 unspecified atom stereocenters. The van der Waals surface area contributed by atoms with Crippen LogP contribution >= 0.6 is 0 Å². The maximum atomic E-state index is 8.56. The molecule has 1 nitrogen and oxygen atoms in total. The molecule has 0 heterocycles. The zero-order valence-corrected chi connectivity index (χ0v) is 9.59. The van der Waals surface area contributed by atoms with Crippen LogP contribution in [-0.4, -0.2) is 30.1 Å². The average Bonchev–Trinajstić information content (AvgIpc) is 1.64. The van der Waals surface area contributed by atoms with Crippen molar-refractivity contribution in [2.75, 3.05) is 6.61 Å². The van der Waals surface area contributed by atoms with Crippen molar-refractivity contribution in [3.8, 4) is 0 Å². The molecule has 0 radical (unpaired) electrons. The molecule has 9 heavy (non-hydrogen) atoms. The molecule has 0 amide bonds. The van der Waals surface area contributed by atoms with Crippen molar-refractivity contribution in [2.45, 2.75) is 21.7 Å². The van der Waals surface area contributed by atoms with Gasteiger partial charge >= 0.3 is 61.5 Å². The molecule has 54 valence electrons. The second-order valence-corrected chi connectivity index (χ2v) is 18.4. The van der Waals surface area contributed by atoms with E-state index in [2.05, 4.69) is 21.7 Å². The normalized spacial score (nSPS) is 14.1. The molecule has 0 rings (SSSR count). The van der Waals surface area contributed by atoms with E-state index < -0.39 is 18.4 Å². The van der Waals surface area contributed by atoms with Crippen molar-refractivity contribution in [1.82, 2.24) is 0 Å². The van der Waals surface area contributed by atoms with Gasteiger partial charge in [0.1, 0.15) is 0 Å². The third-order valence-corrected chi connectivity index (χ3v) is 8.92. The van der Waals surface area contributed by atoms with Gasteiger partial charge in [0, 0.05) is 0 Å². The Morgan fingerprint density at radius 3 is 2.00 bits per heavy atom. The van der Waals surface area contributed by atoms with Crippen LogP contribution in [0.1, 0.15) is 6.92 Å². The van der Waals surface area contributed by atoms with Crippen LogP contribution in [0.4, 0.5) is 0 Å². The average molecular weight is 235 g/mol. The first-order valence-electron chi connectivity index (χ1n) is 3.26. The van der Waals surface area contributed by atoms with Gasteiger partial charge in [0.05, 0.1) is 0 Å². The number of allylic oxidation sites excluding steroid dienone is 1. The van der Waals surface area contributed by atoms with Gasteiger partial charge in [0.2, 0.25) is 0 Å². The summed E-state index contributed by atoms with van der Waals surface area (Å²) in [5, 5.41) is 8.56. The summed E-state index contributed by atoms with van der Waals surface area (Å²) in [5.74, 6) is 0. The van der Waals surface area contributed by atoms with Crippen molar-refractivity contribution in [3.63, 3.8) is 0 Å². The quantitative estimate of drug-likeness (QED) is 0.723. The molecule has 0 aromatic rings. The van der Waals surface area contributed by atoms with Crippen LogP contribution in [0.15, 0.2) is 9.67 Å². The van der Waals surface area contributed by atoms with Crippen LogP contribution in [-0.2, 0) is 0 Å². The Bertz CT molecular complexity index is 111. The van der Waals surface area contributed by atoms with Crippen LogP contribution in [0.25, 0.3) is 0 Å². The van der Waals surface area contributed by atoms with E-state index in [4.69, 9.17) is 5.11 Å². The van der Waals surface area contributed by atoms with Crippen LogP contribution in [0, 0.1) is 0 Å². The van der Waals surface area contributed by atoms with Gasteiger partial charge in [-0.05, 0) is 0 Å². The van der Waals surface area contributed by atoms with Crippen molar-refractivity contribution in [3.05, 3.63) is 9.67 Å². The van der Waals surface area contributed by atoms with Crippen LogP contribution in [0.5, 0.6) is 0 Å². The predicted molar refractivity (Wildman–Crippen MR) is 44.2 cm³/mol. The Balaban J connectivity index is 4.03. The summed E-state index contributed by atoms with van der Waals surface area (Å²) in [6, 6.07) is 0. The minimum atomic E-state index is -1.74. The summed E-state index contributed by atoms with van der Waals surface area (Å²) in [4.78, 5) is 7.03. The Morgan fingerprint density at radius 2 is 1.89 bits per heavy atom. The number of hydrogen-bond donors (Lipinski definition) is 1. The van der Waals surface area contributed by atoms with E-state index in [1.807, 2.05) is 6.08 Å². The SMILES string of the molecule is C/[C](=C\CO)[Sn]([CH3])([CH3])[CH3]. The van der Waals surface area contributed by atoms with Crippen molar-refractivity contribution in [2.24, 2.45) is 0 Å². The second-order valence-electron chi connectivity index (χ2n) is 3.32. The molecule has 0 saturated heterocycles. The van der Waals surface area contributed by atoms with Gasteiger partial charge in [0.15, 0.2) is 0 Å². The van der Waals surface area contributed by atoms with Gasteiger partial charge in [-0.25, -0.2) is 0 Å². The molecule has 0 aliphatic carbocycles. The minimum absolute atomic E-state index is 0.208. The van der Waals surface area contributed by atoms with E-state index in [-0.39, 0.29) is 6.61 Å². The first-order chi connectivity index (χ1) is 3.98. The van der Waals surface area contributed by atoms with Crippen molar-refractivity contribution >= 4 is 18.4 Å². The first kappa shape index (κ1) is 9.50. The third kappa shape index (κ3) is 3.98. The van der Waals surface area contributed by atoms with E-state index in [1.165, 1.54) is 3.59 Å². The first-order valence-corrected chi connectivity index (χ1v) is 13.3. The fourth-order valence-electron chi connectivity index (χ4n) is 0.443. The number of aliphatic hydroxyl groups excluding tert-OH is 1. The summed E-state index contributed by atoms with van der Waals surface area (Å²) >= 11 is -1.74. The van der Waals surface area contributed by atoms with E-state index in [0.29, 0.717) is 0 Å². The summed E-state index contributed by atoms with van der Waals surface area (Å²) < 4.78 is 1.45. The van der Waals surface area contributed by atoms with E-state index in [1.54, 1.807) is 0 Å². The Morgan fingerprint density at radius 1 is 1.44 bits per heavy atom. The summed E-state index contributed by atoms with van der Waals surface area (Å²) in [7, 11) is 0. The molecule has 0 atom stereocenters. The topological polar surface area (TPSA) is 20.2 Å². The zero-order valence-electron chi connectivity index (χ0n) is 6.73. The van der Waals surface area contributed by atoms with Gasteiger partial charge in [-0.1, -0.05) is 0 Å². The summed E-state index contributed by atoms with van der Waals surface area (Å²) in [6.45, 7) is 2.34. The third-order valence-electron chi connectivity index (χ3n) is 1.58. The zero-order chi connectivity index (χ0) is 7.49. The molecule has 0 spiro atoms. The van der Waals surface area contributed by atoms with Gasteiger partial charge in [-0.2, -0.15) is 0 Å². The predicted octanol–water partition coefficient (Wildman–Crippen LogP) is 1.80. The Kier molecular flexibility index (Phi) is 3.81. The standard InChI is InChI=1S/C4H7O.3CH3.Sn/c1-2-3-4-5;;;;/h3,5H,4H2,1H3;3*1H3;. The van der Waals surface area contributed by atoms with E-state index in [0.717, 1.165) is 0 Å². The number of hydrogen-bond acceptors (Lipinski definition) is 1. The number of rotatable bonds is 2. The summed E-state index contributed by atoms with van der Waals surface area (Å²) in [5.41, 5.74) is 0. The maximum absolute atomic E-state index is 8.56. The van der Waals surface area contributed by atoms with Crippen LogP contribution in [0.3, 0.4) is 0 Å². The molecule has 0 aliphatic rings. The molecule has 1 N–H and O–H groups in total. The Hall–Kier alpha value is 0.499. The van der Waals surface area contributed by atoms with E-state index in [9.17, 15) is 0 Å². The molecule has 0 aromatic heterocycles. The second kappa shape index (κ2) is 3.61. The molecule has 0 aliphatic heterocycles. The fourth-order valence-corrected chi connectivity index (χ4v) is 2.45. The van der Waals surface area contributed by atoms with E-state index >= 15 is 0 Å².